The molecule has 0 saturated carbocycles. The Labute approximate surface area is 116 Å². The highest BCUT2D eigenvalue weighted by molar-refractivity contribution is 6.30. The number of carbonyl (C=O) groups is 1. The van der Waals surface area contributed by atoms with Crippen LogP contribution in [0.25, 0.3) is 11.3 Å². The van der Waals surface area contributed by atoms with Crippen molar-refractivity contribution in [2.75, 3.05) is 0 Å². The summed E-state index contributed by atoms with van der Waals surface area (Å²) in [6.07, 6.45) is 0. The summed E-state index contributed by atoms with van der Waals surface area (Å²) < 4.78 is 5.53. The van der Waals surface area contributed by atoms with Crippen molar-refractivity contribution in [2.24, 2.45) is 5.84 Å². The molecule has 19 heavy (non-hydrogen) atoms. The van der Waals surface area contributed by atoms with Crippen LogP contribution < -0.4 is 5.84 Å². The maximum absolute atomic E-state index is 12.0. The van der Waals surface area contributed by atoms with E-state index >= 15 is 0 Å². The Hall–Kier alpha value is -1.78. The lowest BCUT2D eigenvalue weighted by atomic mass is 10.2. The number of nitrogens with zero attached hydrogens (tertiary/aromatic N) is 1. The average molecular weight is 279 g/mol. The Morgan fingerprint density at radius 3 is 2.42 bits per heavy atom. The van der Waals surface area contributed by atoms with Gasteiger partial charge in [-0.05, 0) is 50.2 Å². The Balaban J connectivity index is 2.24. The predicted octanol–water partition coefficient (Wildman–Crippen LogP) is 3.32. The minimum Gasteiger partial charge on any atom is -0.451 e. The lowest BCUT2D eigenvalue weighted by Gasteiger charge is -2.19. The summed E-state index contributed by atoms with van der Waals surface area (Å²) in [5, 5.41) is 1.80. The van der Waals surface area contributed by atoms with Crippen LogP contribution in [0.4, 0.5) is 0 Å². The van der Waals surface area contributed by atoms with Crippen molar-refractivity contribution in [1.82, 2.24) is 5.01 Å². The molecular weight excluding hydrogens is 264 g/mol. The fourth-order valence-corrected chi connectivity index (χ4v) is 1.71. The summed E-state index contributed by atoms with van der Waals surface area (Å²) in [6, 6.07) is 10.5. The number of halogens is 1. The van der Waals surface area contributed by atoms with Crippen LogP contribution in [0, 0.1) is 0 Å². The summed E-state index contributed by atoms with van der Waals surface area (Å²) in [7, 11) is 0. The summed E-state index contributed by atoms with van der Waals surface area (Å²) >= 11 is 5.82. The molecule has 0 spiro atoms. The van der Waals surface area contributed by atoms with Gasteiger partial charge in [-0.3, -0.25) is 9.80 Å². The van der Waals surface area contributed by atoms with Gasteiger partial charge in [-0.1, -0.05) is 11.6 Å². The quantitative estimate of drug-likeness (QED) is 0.532. The van der Waals surface area contributed by atoms with Gasteiger partial charge in [0.1, 0.15) is 5.76 Å². The predicted molar refractivity (Wildman–Crippen MR) is 74.6 cm³/mol. The molecule has 4 nitrogen and oxygen atoms in total. The van der Waals surface area contributed by atoms with E-state index in [-0.39, 0.29) is 17.7 Å². The van der Waals surface area contributed by atoms with Gasteiger partial charge < -0.3 is 4.42 Å². The molecule has 0 aliphatic heterocycles. The standard InChI is InChI=1S/C14H15ClN2O2/c1-9(2)17(16)14(18)13-8-7-12(19-13)10-3-5-11(15)6-4-10/h3-9H,16H2,1-2H3. The molecule has 0 radical (unpaired) electrons. The van der Waals surface area contributed by atoms with E-state index in [4.69, 9.17) is 21.9 Å². The number of benzene rings is 1. The topological polar surface area (TPSA) is 59.5 Å². The Morgan fingerprint density at radius 1 is 1.21 bits per heavy atom. The molecule has 0 aliphatic rings. The van der Waals surface area contributed by atoms with Gasteiger partial charge in [-0.2, -0.15) is 0 Å². The second kappa shape index (κ2) is 5.47. The van der Waals surface area contributed by atoms with Crippen LogP contribution in [-0.4, -0.2) is 17.0 Å². The van der Waals surface area contributed by atoms with Crippen molar-refractivity contribution in [3.8, 4) is 11.3 Å². The fourth-order valence-electron chi connectivity index (χ4n) is 1.58. The molecule has 0 bridgehead atoms. The van der Waals surface area contributed by atoms with Crippen molar-refractivity contribution in [3.05, 3.63) is 47.2 Å². The van der Waals surface area contributed by atoms with E-state index in [2.05, 4.69) is 0 Å². The van der Waals surface area contributed by atoms with Crippen molar-refractivity contribution >= 4 is 17.5 Å². The Bertz CT molecular complexity index is 575. The van der Waals surface area contributed by atoms with Gasteiger partial charge in [-0.25, -0.2) is 5.84 Å². The molecule has 2 rings (SSSR count). The maximum Gasteiger partial charge on any atom is 0.303 e. The lowest BCUT2D eigenvalue weighted by molar-refractivity contribution is 0.0674. The zero-order valence-corrected chi connectivity index (χ0v) is 11.5. The first-order valence-corrected chi connectivity index (χ1v) is 6.31. The number of hydrogen-bond donors (Lipinski definition) is 1. The third-order valence-corrected chi connectivity index (χ3v) is 2.99. The van der Waals surface area contributed by atoms with Crippen molar-refractivity contribution in [1.29, 1.82) is 0 Å². The Kier molecular flexibility index (Phi) is 3.93. The van der Waals surface area contributed by atoms with E-state index in [0.717, 1.165) is 10.6 Å². The smallest absolute Gasteiger partial charge is 0.303 e. The van der Waals surface area contributed by atoms with Gasteiger partial charge in [0.15, 0.2) is 5.76 Å². The van der Waals surface area contributed by atoms with E-state index < -0.39 is 0 Å². The molecule has 1 aromatic carbocycles. The fraction of sp³-hybridized carbons (Fsp3) is 0.214. The van der Waals surface area contributed by atoms with Crippen LogP contribution in [0.5, 0.6) is 0 Å². The van der Waals surface area contributed by atoms with Crippen molar-refractivity contribution in [2.45, 2.75) is 19.9 Å². The van der Waals surface area contributed by atoms with E-state index in [1.165, 1.54) is 0 Å². The maximum atomic E-state index is 12.0. The van der Waals surface area contributed by atoms with E-state index in [9.17, 15) is 4.79 Å². The molecule has 2 N–H and O–H groups in total. The van der Waals surface area contributed by atoms with Gasteiger partial charge in [-0.15, -0.1) is 0 Å². The second-order valence-corrected chi connectivity index (χ2v) is 4.91. The molecule has 1 aromatic heterocycles. The average Bonchev–Trinajstić information content (AvgIpc) is 2.87. The molecule has 0 unspecified atom stereocenters. The molecule has 0 fully saturated rings. The zero-order chi connectivity index (χ0) is 14.0. The molecule has 1 heterocycles. The molecule has 0 saturated heterocycles. The Morgan fingerprint density at radius 2 is 1.84 bits per heavy atom. The lowest BCUT2D eigenvalue weighted by Crippen LogP contribution is -2.42. The number of hydrazine groups is 1. The molecule has 0 atom stereocenters. The van der Waals surface area contributed by atoms with Crippen LogP contribution in [0.15, 0.2) is 40.8 Å². The molecular formula is C14H15ClN2O2. The number of nitrogens with two attached hydrogens (primary N) is 1. The normalized spacial score (nSPS) is 10.8. The molecule has 5 heteroatoms. The first-order chi connectivity index (χ1) is 8.99. The summed E-state index contributed by atoms with van der Waals surface area (Å²) in [5.74, 6) is 6.16. The third-order valence-electron chi connectivity index (χ3n) is 2.74. The molecule has 2 aromatic rings. The van der Waals surface area contributed by atoms with Crippen LogP contribution in [0.2, 0.25) is 5.02 Å². The highest BCUT2D eigenvalue weighted by atomic mass is 35.5. The van der Waals surface area contributed by atoms with Crippen LogP contribution in [0.3, 0.4) is 0 Å². The summed E-state index contributed by atoms with van der Waals surface area (Å²) in [4.78, 5) is 12.0. The van der Waals surface area contributed by atoms with Crippen molar-refractivity contribution < 1.29 is 9.21 Å². The van der Waals surface area contributed by atoms with Crippen LogP contribution in [0.1, 0.15) is 24.4 Å². The second-order valence-electron chi connectivity index (χ2n) is 4.48. The summed E-state index contributed by atoms with van der Waals surface area (Å²) in [5.41, 5.74) is 0.858. The number of hydrogen-bond acceptors (Lipinski definition) is 3. The van der Waals surface area contributed by atoms with Crippen molar-refractivity contribution in [3.63, 3.8) is 0 Å². The SMILES string of the molecule is CC(C)N(N)C(=O)c1ccc(-c2ccc(Cl)cc2)o1. The number of rotatable bonds is 3. The molecule has 0 aliphatic carbocycles. The highest BCUT2D eigenvalue weighted by Crippen LogP contribution is 2.24. The largest absolute Gasteiger partial charge is 0.451 e. The third kappa shape index (κ3) is 2.97. The first kappa shape index (κ1) is 13.6. The van der Waals surface area contributed by atoms with Gasteiger partial charge in [0.25, 0.3) is 0 Å². The van der Waals surface area contributed by atoms with Gasteiger partial charge in [0.2, 0.25) is 0 Å². The monoisotopic (exact) mass is 278 g/mol. The number of furan rings is 1. The molecule has 1 amide bonds. The minimum atomic E-state index is -0.338. The van der Waals surface area contributed by atoms with Gasteiger partial charge in [0.05, 0.1) is 0 Å². The number of amides is 1. The van der Waals surface area contributed by atoms with Gasteiger partial charge in [0, 0.05) is 16.6 Å². The summed E-state index contributed by atoms with van der Waals surface area (Å²) in [6.45, 7) is 3.67. The number of carbonyl (C=O) groups excluding carboxylic acids is 1. The molecule has 100 valence electrons. The van der Waals surface area contributed by atoms with E-state index in [0.29, 0.717) is 10.8 Å². The van der Waals surface area contributed by atoms with Gasteiger partial charge >= 0.3 is 5.91 Å². The van der Waals surface area contributed by atoms with Crippen LogP contribution >= 0.6 is 11.6 Å². The minimum absolute atomic E-state index is 0.0865. The highest BCUT2D eigenvalue weighted by Gasteiger charge is 2.19. The zero-order valence-electron chi connectivity index (χ0n) is 10.8. The van der Waals surface area contributed by atoms with E-state index in [1.54, 1.807) is 24.3 Å². The van der Waals surface area contributed by atoms with Crippen LogP contribution in [-0.2, 0) is 0 Å². The first-order valence-electron chi connectivity index (χ1n) is 5.93. The van der Waals surface area contributed by atoms with E-state index in [1.807, 2.05) is 26.0 Å².